The first-order valence-electron chi connectivity index (χ1n) is 7.25. The molecule has 0 bridgehead atoms. The second kappa shape index (κ2) is 6.47. The minimum atomic E-state index is -1.25. The SMILES string of the molecule is CCCC(C)(NC(=O)c1cccc(-n2cccc2)c1)C(=O)O. The summed E-state index contributed by atoms with van der Waals surface area (Å²) in [6, 6.07) is 10.9. The number of benzene rings is 1. The number of hydrogen-bond donors (Lipinski definition) is 2. The third kappa shape index (κ3) is 3.36. The van der Waals surface area contributed by atoms with Crippen LogP contribution in [0.15, 0.2) is 48.8 Å². The van der Waals surface area contributed by atoms with Crippen molar-refractivity contribution in [2.45, 2.75) is 32.2 Å². The van der Waals surface area contributed by atoms with Crippen LogP contribution in [0, 0.1) is 0 Å². The Balaban J connectivity index is 2.23. The molecule has 5 heteroatoms. The molecule has 5 nitrogen and oxygen atoms in total. The summed E-state index contributed by atoms with van der Waals surface area (Å²) in [6.07, 6.45) is 4.82. The van der Waals surface area contributed by atoms with E-state index < -0.39 is 11.5 Å². The van der Waals surface area contributed by atoms with Gasteiger partial charge in [0, 0.05) is 23.6 Å². The molecule has 0 radical (unpaired) electrons. The number of rotatable bonds is 6. The van der Waals surface area contributed by atoms with Crippen LogP contribution in [0.3, 0.4) is 0 Å². The summed E-state index contributed by atoms with van der Waals surface area (Å²) in [5, 5.41) is 12.0. The van der Waals surface area contributed by atoms with Gasteiger partial charge in [-0.25, -0.2) is 4.79 Å². The molecule has 1 unspecified atom stereocenters. The first-order chi connectivity index (χ1) is 10.5. The summed E-state index contributed by atoms with van der Waals surface area (Å²) in [5.41, 5.74) is 0.0369. The van der Waals surface area contributed by atoms with Crippen molar-refractivity contribution < 1.29 is 14.7 Å². The fourth-order valence-electron chi connectivity index (χ4n) is 2.36. The third-order valence-electron chi connectivity index (χ3n) is 3.62. The lowest BCUT2D eigenvalue weighted by Gasteiger charge is -2.25. The molecule has 2 N–H and O–H groups in total. The maximum Gasteiger partial charge on any atom is 0.329 e. The average Bonchev–Trinajstić information content (AvgIpc) is 3.01. The lowest BCUT2D eigenvalue weighted by atomic mass is 9.95. The Kier molecular flexibility index (Phi) is 4.65. The van der Waals surface area contributed by atoms with Crippen LogP contribution in [-0.4, -0.2) is 27.1 Å². The molecule has 22 heavy (non-hydrogen) atoms. The summed E-state index contributed by atoms with van der Waals surface area (Å²) in [5.74, 6) is -1.41. The van der Waals surface area contributed by atoms with Crippen LogP contribution in [0.5, 0.6) is 0 Å². The molecule has 1 atom stereocenters. The molecule has 0 saturated heterocycles. The quantitative estimate of drug-likeness (QED) is 0.861. The number of nitrogens with one attached hydrogen (secondary N) is 1. The first-order valence-corrected chi connectivity index (χ1v) is 7.25. The molecule has 1 aromatic carbocycles. The van der Waals surface area contributed by atoms with Crippen LogP contribution in [0.2, 0.25) is 0 Å². The molecule has 2 aromatic rings. The zero-order valence-corrected chi connectivity index (χ0v) is 12.7. The smallest absolute Gasteiger partial charge is 0.329 e. The van der Waals surface area contributed by atoms with Gasteiger partial charge >= 0.3 is 5.97 Å². The van der Waals surface area contributed by atoms with E-state index in [-0.39, 0.29) is 5.91 Å². The van der Waals surface area contributed by atoms with Gasteiger partial charge in [-0.05, 0) is 43.7 Å². The molecule has 0 spiro atoms. The van der Waals surface area contributed by atoms with Gasteiger partial charge in [0.15, 0.2) is 0 Å². The van der Waals surface area contributed by atoms with Crippen molar-refractivity contribution in [3.05, 3.63) is 54.4 Å². The van der Waals surface area contributed by atoms with Gasteiger partial charge in [-0.2, -0.15) is 0 Å². The lowest BCUT2D eigenvalue weighted by molar-refractivity contribution is -0.144. The van der Waals surface area contributed by atoms with Gasteiger partial charge in [0.25, 0.3) is 5.91 Å². The number of carbonyl (C=O) groups excluding carboxylic acids is 1. The lowest BCUT2D eigenvalue weighted by Crippen LogP contribution is -2.52. The maximum absolute atomic E-state index is 12.4. The van der Waals surface area contributed by atoms with Crippen LogP contribution < -0.4 is 5.32 Å². The Morgan fingerprint density at radius 2 is 1.91 bits per heavy atom. The number of carboxylic acid groups (broad SMARTS) is 1. The first kappa shape index (κ1) is 15.8. The van der Waals surface area contributed by atoms with Crippen LogP contribution in [0.4, 0.5) is 0 Å². The average molecular weight is 300 g/mol. The molecule has 116 valence electrons. The Morgan fingerprint density at radius 1 is 1.23 bits per heavy atom. The number of aromatic nitrogens is 1. The molecule has 0 fully saturated rings. The largest absolute Gasteiger partial charge is 0.480 e. The third-order valence-corrected chi connectivity index (χ3v) is 3.62. The van der Waals surface area contributed by atoms with E-state index in [0.29, 0.717) is 18.4 Å². The number of nitrogens with zero attached hydrogens (tertiary/aromatic N) is 1. The summed E-state index contributed by atoms with van der Waals surface area (Å²) in [7, 11) is 0. The van der Waals surface area contributed by atoms with Crippen molar-refractivity contribution in [3.8, 4) is 5.69 Å². The van der Waals surface area contributed by atoms with Crippen LogP contribution in [-0.2, 0) is 4.79 Å². The Morgan fingerprint density at radius 3 is 2.50 bits per heavy atom. The molecular weight excluding hydrogens is 280 g/mol. The molecule has 1 amide bonds. The predicted octanol–water partition coefficient (Wildman–Crippen LogP) is 2.85. The fraction of sp³-hybridized carbons (Fsp3) is 0.294. The van der Waals surface area contributed by atoms with Gasteiger partial charge < -0.3 is 15.0 Å². The number of carboxylic acids is 1. The molecular formula is C17H20N2O3. The number of amides is 1. The summed E-state index contributed by atoms with van der Waals surface area (Å²) in [4.78, 5) is 23.8. The van der Waals surface area contributed by atoms with Gasteiger partial charge in [0.2, 0.25) is 0 Å². The zero-order valence-electron chi connectivity index (χ0n) is 12.7. The number of hydrogen-bond acceptors (Lipinski definition) is 2. The van der Waals surface area contributed by atoms with Gasteiger partial charge in [0.1, 0.15) is 5.54 Å². The van der Waals surface area contributed by atoms with Crippen LogP contribution in [0.25, 0.3) is 5.69 Å². The van der Waals surface area contributed by atoms with E-state index in [1.165, 1.54) is 6.92 Å². The van der Waals surface area contributed by atoms with Crippen molar-refractivity contribution in [2.75, 3.05) is 0 Å². The monoisotopic (exact) mass is 300 g/mol. The van der Waals surface area contributed by atoms with E-state index in [1.54, 1.807) is 18.2 Å². The van der Waals surface area contributed by atoms with E-state index >= 15 is 0 Å². The molecule has 1 aromatic heterocycles. The number of aliphatic carboxylic acids is 1. The molecule has 1 heterocycles. The van der Waals surface area contributed by atoms with E-state index in [1.807, 2.05) is 42.1 Å². The Labute approximate surface area is 129 Å². The Bertz CT molecular complexity index is 664. The van der Waals surface area contributed by atoms with Crippen molar-refractivity contribution in [1.82, 2.24) is 9.88 Å². The van der Waals surface area contributed by atoms with Crippen molar-refractivity contribution in [2.24, 2.45) is 0 Å². The van der Waals surface area contributed by atoms with Crippen molar-refractivity contribution >= 4 is 11.9 Å². The van der Waals surface area contributed by atoms with Crippen molar-refractivity contribution in [1.29, 1.82) is 0 Å². The highest BCUT2D eigenvalue weighted by molar-refractivity contribution is 5.98. The zero-order chi connectivity index (χ0) is 16.2. The maximum atomic E-state index is 12.4. The molecule has 0 aliphatic carbocycles. The predicted molar refractivity (Wildman–Crippen MR) is 84.2 cm³/mol. The van der Waals surface area contributed by atoms with E-state index in [9.17, 15) is 14.7 Å². The highest BCUT2D eigenvalue weighted by Crippen LogP contribution is 2.16. The van der Waals surface area contributed by atoms with Gasteiger partial charge in [-0.1, -0.05) is 19.4 Å². The van der Waals surface area contributed by atoms with Crippen LogP contribution in [0.1, 0.15) is 37.0 Å². The summed E-state index contributed by atoms with van der Waals surface area (Å²) < 4.78 is 1.89. The number of carbonyl (C=O) groups is 2. The van der Waals surface area contributed by atoms with Gasteiger partial charge in [-0.15, -0.1) is 0 Å². The second-order valence-electron chi connectivity index (χ2n) is 5.48. The topological polar surface area (TPSA) is 71.3 Å². The molecule has 0 aliphatic rings. The fourth-order valence-corrected chi connectivity index (χ4v) is 2.36. The normalized spacial score (nSPS) is 13.4. The summed E-state index contributed by atoms with van der Waals surface area (Å²) in [6.45, 7) is 3.42. The molecule has 2 rings (SSSR count). The second-order valence-corrected chi connectivity index (χ2v) is 5.48. The van der Waals surface area contributed by atoms with Crippen LogP contribution >= 0.6 is 0 Å². The minimum Gasteiger partial charge on any atom is -0.480 e. The highest BCUT2D eigenvalue weighted by atomic mass is 16.4. The van der Waals surface area contributed by atoms with Gasteiger partial charge in [0.05, 0.1) is 0 Å². The minimum absolute atomic E-state index is 0.380. The Hall–Kier alpha value is -2.56. The van der Waals surface area contributed by atoms with Gasteiger partial charge in [-0.3, -0.25) is 4.79 Å². The summed E-state index contributed by atoms with van der Waals surface area (Å²) >= 11 is 0. The van der Waals surface area contributed by atoms with E-state index in [4.69, 9.17) is 0 Å². The highest BCUT2D eigenvalue weighted by Gasteiger charge is 2.34. The van der Waals surface area contributed by atoms with E-state index in [2.05, 4.69) is 5.32 Å². The molecule has 0 saturated carbocycles. The molecule has 0 aliphatic heterocycles. The van der Waals surface area contributed by atoms with Crippen molar-refractivity contribution in [3.63, 3.8) is 0 Å². The standard InChI is InChI=1S/C17H20N2O3/c1-3-9-17(2,16(21)22)18-15(20)13-7-6-8-14(12-13)19-10-4-5-11-19/h4-8,10-12H,3,9H2,1-2H3,(H,18,20)(H,21,22). The van der Waals surface area contributed by atoms with E-state index in [0.717, 1.165) is 5.69 Å².